The van der Waals surface area contributed by atoms with Gasteiger partial charge in [0.05, 0.1) is 0 Å². The Kier molecular flexibility index (Phi) is 5.07. The molecule has 1 aliphatic carbocycles. The number of aromatic nitrogens is 3. The number of nitrogens with zero attached hydrogens (tertiary/aromatic N) is 3. The van der Waals surface area contributed by atoms with Crippen LogP contribution in [0.3, 0.4) is 0 Å². The summed E-state index contributed by atoms with van der Waals surface area (Å²) in [5.41, 5.74) is 0.799. The van der Waals surface area contributed by atoms with E-state index in [0.29, 0.717) is 10.8 Å². The normalized spacial score (nSPS) is 27.0. The molecule has 4 heteroatoms. The molecule has 0 unspecified atom stereocenters. The van der Waals surface area contributed by atoms with Gasteiger partial charge in [0.1, 0.15) is 12.2 Å². The second-order valence-corrected chi connectivity index (χ2v) is 7.90. The summed E-state index contributed by atoms with van der Waals surface area (Å²) in [6.45, 7) is 11.5. The molecule has 2 rings (SSSR count). The maximum absolute atomic E-state index is 4.45. The van der Waals surface area contributed by atoms with Crippen molar-refractivity contribution in [3.63, 3.8) is 0 Å². The van der Waals surface area contributed by atoms with Crippen LogP contribution in [0.4, 0.5) is 0 Å². The number of hydrogen-bond acceptors (Lipinski definition) is 3. The summed E-state index contributed by atoms with van der Waals surface area (Å²) in [7, 11) is 2.00. The smallest absolute Gasteiger partial charge is 0.138 e. The van der Waals surface area contributed by atoms with Crippen LogP contribution in [0.1, 0.15) is 59.2 Å². The van der Waals surface area contributed by atoms with E-state index >= 15 is 0 Å². The summed E-state index contributed by atoms with van der Waals surface area (Å²) in [5, 5.41) is 7.82. The highest BCUT2D eigenvalue weighted by Crippen LogP contribution is 2.46. The van der Waals surface area contributed by atoms with Gasteiger partial charge in [-0.05, 0) is 49.0 Å². The summed E-state index contributed by atoms with van der Waals surface area (Å²) in [6.07, 6.45) is 8.01. The minimum Gasteiger partial charge on any atom is -0.316 e. The van der Waals surface area contributed by atoms with Gasteiger partial charge in [0.25, 0.3) is 0 Å². The van der Waals surface area contributed by atoms with Crippen molar-refractivity contribution in [1.82, 2.24) is 20.1 Å². The van der Waals surface area contributed by atoms with E-state index in [1.54, 1.807) is 6.33 Å². The molecule has 21 heavy (non-hydrogen) atoms. The second-order valence-electron chi connectivity index (χ2n) is 7.90. The molecule has 1 heterocycles. The first-order valence-corrected chi connectivity index (χ1v) is 8.40. The zero-order valence-electron chi connectivity index (χ0n) is 14.4. The molecule has 1 saturated carbocycles. The summed E-state index contributed by atoms with van der Waals surface area (Å²) in [6, 6.07) is 0. The van der Waals surface area contributed by atoms with E-state index in [1.807, 2.05) is 11.7 Å². The third kappa shape index (κ3) is 4.06. The van der Waals surface area contributed by atoms with Gasteiger partial charge in [-0.3, -0.25) is 4.68 Å². The van der Waals surface area contributed by atoms with E-state index < -0.39 is 0 Å². The predicted molar refractivity (Wildman–Crippen MR) is 87.1 cm³/mol. The Labute approximate surface area is 129 Å². The van der Waals surface area contributed by atoms with Crippen molar-refractivity contribution in [2.45, 2.75) is 59.8 Å². The molecule has 0 amide bonds. The fourth-order valence-corrected chi connectivity index (χ4v) is 3.72. The molecule has 1 fully saturated rings. The fourth-order valence-electron chi connectivity index (χ4n) is 3.72. The van der Waals surface area contributed by atoms with E-state index in [2.05, 4.69) is 43.1 Å². The molecule has 120 valence electrons. The van der Waals surface area contributed by atoms with Crippen LogP contribution in [-0.4, -0.2) is 27.9 Å². The van der Waals surface area contributed by atoms with Gasteiger partial charge in [0.2, 0.25) is 0 Å². The van der Waals surface area contributed by atoms with Crippen molar-refractivity contribution >= 4 is 0 Å². The van der Waals surface area contributed by atoms with Crippen molar-refractivity contribution in [1.29, 1.82) is 0 Å². The Morgan fingerprint density at radius 2 is 2.00 bits per heavy atom. The lowest BCUT2D eigenvalue weighted by atomic mass is 9.63. The quantitative estimate of drug-likeness (QED) is 0.906. The Bertz CT molecular complexity index is 436. The highest BCUT2D eigenvalue weighted by atomic mass is 15.3. The highest BCUT2D eigenvalue weighted by Gasteiger charge is 2.39. The molecule has 0 atom stereocenters. The van der Waals surface area contributed by atoms with Gasteiger partial charge in [0.15, 0.2) is 0 Å². The molecule has 1 aliphatic rings. The summed E-state index contributed by atoms with van der Waals surface area (Å²) >= 11 is 0. The third-order valence-corrected chi connectivity index (χ3v) is 5.36. The van der Waals surface area contributed by atoms with Crippen molar-refractivity contribution in [3.05, 3.63) is 12.2 Å². The van der Waals surface area contributed by atoms with Crippen molar-refractivity contribution in [2.75, 3.05) is 13.1 Å². The molecule has 1 N–H and O–H groups in total. The average molecular weight is 292 g/mol. The van der Waals surface area contributed by atoms with E-state index in [9.17, 15) is 0 Å². The van der Waals surface area contributed by atoms with Crippen LogP contribution in [0.5, 0.6) is 0 Å². The van der Waals surface area contributed by atoms with Crippen LogP contribution in [0, 0.1) is 16.7 Å². The molecule has 1 aromatic heterocycles. The Morgan fingerprint density at radius 3 is 2.48 bits per heavy atom. The van der Waals surface area contributed by atoms with E-state index in [-0.39, 0.29) is 0 Å². The van der Waals surface area contributed by atoms with Crippen LogP contribution >= 0.6 is 0 Å². The van der Waals surface area contributed by atoms with Crippen LogP contribution in [-0.2, 0) is 13.5 Å². The van der Waals surface area contributed by atoms with Crippen LogP contribution in [0.15, 0.2) is 6.33 Å². The van der Waals surface area contributed by atoms with Gasteiger partial charge in [-0.2, -0.15) is 5.10 Å². The Hall–Kier alpha value is -0.900. The molecule has 1 aromatic rings. The highest BCUT2D eigenvalue weighted by molar-refractivity contribution is 4.98. The zero-order chi connectivity index (χ0) is 15.5. The average Bonchev–Trinajstić information content (AvgIpc) is 2.81. The minimum absolute atomic E-state index is 0.360. The van der Waals surface area contributed by atoms with Crippen LogP contribution < -0.4 is 5.32 Å². The van der Waals surface area contributed by atoms with Crippen molar-refractivity contribution in [3.8, 4) is 0 Å². The molecule has 0 spiro atoms. The maximum Gasteiger partial charge on any atom is 0.138 e. The lowest BCUT2D eigenvalue weighted by Gasteiger charge is -2.44. The molecular weight excluding hydrogens is 260 g/mol. The Morgan fingerprint density at radius 1 is 1.33 bits per heavy atom. The van der Waals surface area contributed by atoms with Crippen molar-refractivity contribution < 1.29 is 0 Å². The first-order chi connectivity index (χ1) is 9.86. The summed E-state index contributed by atoms with van der Waals surface area (Å²) in [5.74, 6) is 1.98. The van der Waals surface area contributed by atoms with Gasteiger partial charge in [-0.25, -0.2) is 4.98 Å². The molecular formula is C17H32N4. The molecule has 0 aliphatic heterocycles. The van der Waals surface area contributed by atoms with Gasteiger partial charge in [-0.1, -0.05) is 27.7 Å². The predicted octanol–water partition coefficient (Wildman–Crippen LogP) is 3.19. The number of nitrogens with one attached hydrogen (secondary N) is 1. The standard InChI is InChI=1S/C17H32N4/c1-6-18-12-17(11-15-19-13-20-21(15)5)9-7-14(8-10-17)16(2,3)4/h13-14,18H,6-12H2,1-5H3. The number of aryl methyl sites for hydroxylation is 1. The molecule has 0 radical (unpaired) electrons. The Balaban J connectivity index is 2.07. The van der Waals surface area contributed by atoms with Gasteiger partial charge >= 0.3 is 0 Å². The van der Waals surface area contributed by atoms with E-state index in [1.165, 1.54) is 25.7 Å². The van der Waals surface area contributed by atoms with Crippen LogP contribution in [0.25, 0.3) is 0 Å². The number of rotatable bonds is 5. The number of hydrogen-bond donors (Lipinski definition) is 1. The monoisotopic (exact) mass is 292 g/mol. The zero-order valence-corrected chi connectivity index (χ0v) is 14.4. The van der Waals surface area contributed by atoms with Gasteiger partial charge < -0.3 is 5.32 Å². The SMILES string of the molecule is CCNCC1(Cc2ncnn2C)CCC(C(C)(C)C)CC1. The topological polar surface area (TPSA) is 42.7 Å². The molecule has 0 bridgehead atoms. The second kappa shape index (κ2) is 6.47. The lowest BCUT2D eigenvalue weighted by molar-refractivity contribution is 0.0845. The molecule has 4 nitrogen and oxygen atoms in total. The lowest BCUT2D eigenvalue weighted by Crippen LogP contribution is -2.41. The largest absolute Gasteiger partial charge is 0.316 e. The van der Waals surface area contributed by atoms with Crippen molar-refractivity contribution in [2.24, 2.45) is 23.8 Å². The van der Waals surface area contributed by atoms with Crippen LogP contribution in [0.2, 0.25) is 0 Å². The summed E-state index contributed by atoms with van der Waals surface area (Å²) < 4.78 is 1.93. The molecule has 0 saturated heterocycles. The summed E-state index contributed by atoms with van der Waals surface area (Å²) in [4.78, 5) is 4.45. The first-order valence-electron chi connectivity index (χ1n) is 8.40. The maximum atomic E-state index is 4.45. The van der Waals surface area contributed by atoms with Gasteiger partial charge in [0, 0.05) is 20.0 Å². The fraction of sp³-hybridized carbons (Fsp3) is 0.882. The third-order valence-electron chi connectivity index (χ3n) is 5.36. The minimum atomic E-state index is 0.360. The molecule has 0 aromatic carbocycles. The van der Waals surface area contributed by atoms with E-state index in [0.717, 1.165) is 31.3 Å². The first kappa shape index (κ1) is 16.5. The van der Waals surface area contributed by atoms with Gasteiger partial charge in [-0.15, -0.1) is 0 Å². The van der Waals surface area contributed by atoms with E-state index in [4.69, 9.17) is 0 Å².